The van der Waals surface area contributed by atoms with E-state index in [1.807, 2.05) is 0 Å². The normalized spacial score (nSPS) is 14.9. The molecule has 1 N–H and O–H groups in total. The zero-order valence-electron chi connectivity index (χ0n) is 10.8. The molecular formula is C14H11F4N3. The van der Waals surface area contributed by atoms with Gasteiger partial charge < -0.3 is 5.32 Å². The summed E-state index contributed by atoms with van der Waals surface area (Å²) in [5.74, 6) is -0.501. The molecule has 0 saturated heterocycles. The first-order chi connectivity index (χ1) is 9.95. The van der Waals surface area contributed by atoms with Crippen LogP contribution in [0.25, 0.3) is 11.4 Å². The van der Waals surface area contributed by atoms with Crippen molar-refractivity contribution in [1.29, 1.82) is 0 Å². The Morgan fingerprint density at radius 1 is 1.05 bits per heavy atom. The van der Waals surface area contributed by atoms with E-state index in [0.717, 1.165) is 0 Å². The third-order valence-electron chi connectivity index (χ3n) is 3.31. The molecule has 1 aliphatic heterocycles. The van der Waals surface area contributed by atoms with Gasteiger partial charge in [-0.15, -0.1) is 0 Å². The van der Waals surface area contributed by atoms with E-state index in [0.29, 0.717) is 17.8 Å². The van der Waals surface area contributed by atoms with Crippen molar-refractivity contribution < 1.29 is 17.6 Å². The fourth-order valence-electron chi connectivity index (χ4n) is 2.32. The Morgan fingerprint density at radius 3 is 2.43 bits per heavy atom. The lowest BCUT2D eigenvalue weighted by Gasteiger charge is -2.21. The van der Waals surface area contributed by atoms with E-state index in [9.17, 15) is 17.6 Å². The van der Waals surface area contributed by atoms with Crippen LogP contribution >= 0.6 is 0 Å². The summed E-state index contributed by atoms with van der Waals surface area (Å²) in [6.45, 7) is 0.741. The first-order valence-corrected chi connectivity index (χ1v) is 6.39. The fraction of sp³-hybridized carbons (Fsp3) is 0.286. The lowest BCUT2D eigenvalue weighted by Crippen LogP contribution is -2.28. The number of hydrogen-bond donors (Lipinski definition) is 1. The van der Waals surface area contributed by atoms with Crippen LogP contribution in [0.1, 0.15) is 17.0 Å². The van der Waals surface area contributed by atoms with E-state index >= 15 is 0 Å². The summed E-state index contributed by atoms with van der Waals surface area (Å²) < 4.78 is 52.4. The molecule has 21 heavy (non-hydrogen) atoms. The van der Waals surface area contributed by atoms with Crippen molar-refractivity contribution in [2.45, 2.75) is 19.1 Å². The molecule has 3 rings (SSSR count). The largest absolute Gasteiger partial charge is 0.433 e. The number of aromatic nitrogens is 2. The molecule has 0 unspecified atom stereocenters. The standard InChI is InChI=1S/C14H11F4N3/c15-9-3-1-8(2-4-9)13-20-11-7-19-6-5-10(11)12(21-13)14(16,17)18/h1-4,19H,5-7H2. The molecule has 7 heteroatoms. The first-order valence-electron chi connectivity index (χ1n) is 6.39. The molecule has 1 aromatic heterocycles. The van der Waals surface area contributed by atoms with Crippen molar-refractivity contribution >= 4 is 0 Å². The highest BCUT2D eigenvalue weighted by Crippen LogP contribution is 2.34. The van der Waals surface area contributed by atoms with Gasteiger partial charge in [0.1, 0.15) is 5.82 Å². The average Bonchev–Trinajstić information content (AvgIpc) is 2.46. The summed E-state index contributed by atoms with van der Waals surface area (Å²) >= 11 is 0. The maximum absolute atomic E-state index is 13.2. The first kappa shape index (κ1) is 13.9. The van der Waals surface area contributed by atoms with E-state index in [2.05, 4.69) is 15.3 Å². The van der Waals surface area contributed by atoms with Gasteiger partial charge in [-0.3, -0.25) is 0 Å². The number of benzene rings is 1. The number of fused-ring (bicyclic) bond motifs is 1. The van der Waals surface area contributed by atoms with Crippen LogP contribution in [0, 0.1) is 5.82 Å². The lowest BCUT2D eigenvalue weighted by atomic mass is 10.0. The average molecular weight is 297 g/mol. The minimum atomic E-state index is -4.53. The van der Waals surface area contributed by atoms with Gasteiger partial charge >= 0.3 is 6.18 Å². The fourth-order valence-corrected chi connectivity index (χ4v) is 2.32. The van der Waals surface area contributed by atoms with Gasteiger partial charge in [-0.2, -0.15) is 13.2 Å². The molecular weight excluding hydrogens is 286 g/mol. The molecule has 0 spiro atoms. The van der Waals surface area contributed by atoms with Crippen molar-refractivity contribution in [2.24, 2.45) is 0 Å². The van der Waals surface area contributed by atoms with E-state index in [1.165, 1.54) is 24.3 Å². The van der Waals surface area contributed by atoms with Crippen LogP contribution in [0.2, 0.25) is 0 Å². The van der Waals surface area contributed by atoms with E-state index < -0.39 is 17.7 Å². The highest BCUT2D eigenvalue weighted by Gasteiger charge is 2.38. The van der Waals surface area contributed by atoms with Gasteiger partial charge in [0.15, 0.2) is 11.5 Å². The molecule has 2 heterocycles. The van der Waals surface area contributed by atoms with Gasteiger partial charge in [-0.25, -0.2) is 14.4 Å². The number of halogens is 4. The summed E-state index contributed by atoms with van der Waals surface area (Å²) in [4.78, 5) is 7.86. The highest BCUT2D eigenvalue weighted by molar-refractivity contribution is 5.56. The summed E-state index contributed by atoms with van der Waals surface area (Å²) in [5, 5.41) is 2.99. The molecule has 0 radical (unpaired) electrons. The Bertz CT molecular complexity index is 665. The summed E-state index contributed by atoms with van der Waals surface area (Å²) in [7, 11) is 0. The Morgan fingerprint density at radius 2 is 1.76 bits per heavy atom. The molecule has 0 amide bonds. The number of rotatable bonds is 1. The molecule has 0 saturated carbocycles. The Kier molecular flexibility index (Phi) is 3.36. The molecule has 0 bridgehead atoms. The second-order valence-corrected chi connectivity index (χ2v) is 4.75. The van der Waals surface area contributed by atoms with Gasteiger partial charge in [0.2, 0.25) is 0 Å². The van der Waals surface area contributed by atoms with Gasteiger partial charge in [-0.1, -0.05) is 0 Å². The van der Waals surface area contributed by atoms with Crippen molar-refractivity contribution in [3.05, 3.63) is 47.0 Å². The highest BCUT2D eigenvalue weighted by atomic mass is 19.4. The predicted octanol–water partition coefficient (Wildman–Crippen LogP) is 2.95. The Hall–Kier alpha value is -2.02. The van der Waals surface area contributed by atoms with Crippen LogP contribution < -0.4 is 5.32 Å². The number of nitrogens with zero attached hydrogens (tertiary/aromatic N) is 2. The van der Waals surface area contributed by atoms with Gasteiger partial charge in [0.05, 0.1) is 5.69 Å². The third-order valence-corrected chi connectivity index (χ3v) is 3.31. The molecule has 1 aliphatic rings. The zero-order chi connectivity index (χ0) is 15.0. The van der Waals surface area contributed by atoms with Crippen LogP contribution in [-0.4, -0.2) is 16.5 Å². The monoisotopic (exact) mass is 297 g/mol. The van der Waals surface area contributed by atoms with Crippen molar-refractivity contribution in [1.82, 2.24) is 15.3 Å². The maximum Gasteiger partial charge on any atom is 0.433 e. The van der Waals surface area contributed by atoms with Gasteiger partial charge in [0, 0.05) is 17.7 Å². The molecule has 3 nitrogen and oxygen atoms in total. The van der Waals surface area contributed by atoms with Crippen LogP contribution in [0.4, 0.5) is 17.6 Å². The smallest absolute Gasteiger partial charge is 0.311 e. The van der Waals surface area contributed by atoms with Crippen LogP contribution in [0.5, 0.6) is 0 Å². The Balaban J connectivity index is 2.16. The molecule has 1 aromatic carbocycles. The number of hydrogen-bond acceptors (Lipinski definition) is 3. The maximum atomic E-state index is 13.2. The molecule has 0 fully saturated rings. The van der Waals surface area contributed by atoms with E-state index in [4.69, 9.17) is 0 Å². The summed E-state index contributed by atoms with van der Waals surface area (Å²) in [6, 6.07) is 5.08. The molecule has 110 valence electrons. The predicted molar refractivity (Wildman–Crippen MR) is 67.8 cm³/mol. The lowest BCUT2D eigenvalue weighted by molar-refractivity contribution is -0.142. The topological polar surface area (TPSA) is 37.8 Å². The number of alkyl halides is 3. The minimum Gasteiger partial charge on any atom is -0.311 e. The van der Waals surface area contributed by atoms with Crippen LogP contribution in [0.15, 0.2) is 24.3 Å². The van der Waals surface area contributed by atoms with Crippen molar-refractivity contribution in [2.75, 3.05) is 6.54 Å². The van der Waals surface area contributed by atoms with Gasteiger partial charge in [0.25, 0.3) is 0 Å². The van der Waals surface area contributed by atoms with E-state index in [-0.39, 0.29) is 24.4 Å². The van der Waals surface area contributed by atoms with Gasteiger partial charge in [-0.05, 0) is 37.2 Å². The quantitative estimate of drug-likeness (QED) is 0.822. The molecule has 0 aliphatic carbocycles. The third kappa shape index (κ3) is 2.73. The van der Waals surface area contributed by atoms with Crippen molar-refractivity contribution in [3.8, 4) is 11.4 Å². The summed E-state index contributed by atoms with van der Waals surface area (Å²) in [6.07, 6.45) is -4.28. The Labute approximate surface area is 118 Å². The van der Waals surface area contributed by atoms with Crippen LogP contribution in [-0.2, 0) is 19.1 Å². The van der Waals surface area contributed by atoms with Crippen LogP contribution in [0.3, 0.4) is 0 Å². The van der Waals surface area contributed by atoms with E-state index in [1.54, 1.807) is 0 Å². The molecule has 0 atom stereocenters. The summed E-state index contributed by atoms with van der Waals surface area (Å²) in [5.41, 5.74) is -0.0430. The zero-order valence-corrected chi connectivity index (χ0v) is 10.8. The SMILES string of the molecule is Fc1ccc(-c2nc3c(c(C(F)(F)F)n2)CCNC3)cc1. The minimum absolute atomic E-state index is 0.0372. The molecule has 2 aromatic rings. The second-order valence-electron chi connectivity index (χ2n) is 4.75. The number of nitrogens with one attached hydrogen (secondary N) is 1. The second kappa shape index (κ2) is 5.07. The van der Waals surface area contributed by atoms with Crippen molar-refractivity contribution in [3.63, 3.8) is 0 Å².